The predicted octanol–water partition coefficient (Wildman–Crippen LogP) is 3.67. The first-order chi connectivity index (χ1) is 8.41. The van der Waals surface area contributed by atoms with Crippen molar-refractivity contribution in [3.63, 3.8) is 0 Å². The first kappa shape index (κ1) is 16.0. The number of likely N-dealkylation sites (tertiary alicyclic amines) is 1. The van der Waals surface area contributed by atoms with Gasteiger partial charge < -0.3 is 10.2 Å². The van der Waals surface area contributed by atoms with Gasteiger partial charge in [-0.1, -0.05) is 27.7 Å². The maximum atomic E-state index is 3.51. The summed E-state index contributed by atoms with van der Waals surface area (Å²) >= 11 is 0. The Morgan fingerprint density at radius 3 is 2.50 bits per heavy atom. The molecule has 0 aromatic carbocycles. The zero-order valence-corrected chi connectivity index (χ0v) is 13.3. The standard InChI is InChI=1S/C16H34N2/c1-14(2)17-11-6-8-15(3)18-12-7-9-16(4,5)10-13-18/h14-15,17H,6-13H2,1-5H3. The third kappa shape index (κ3) is 6.19. The van der Waals surface area contributed by atoms with Gasteiger partial charge in [0.2, 0.25) is 0 Å². The van der Waals surface area contributed by atoms with Gasteiger partial charge in [-0.3, -0.25) is 0 Å². The average molecular weight is 254 g/mol. The third-order valence-corrected chi connectivity index (χ3v) is 4.35. The summed E-state index contributed by atoms with van der Waals surface area (Å²) in [4.78, 5) is 2.71. The molecule has 0 aromatic rings. The normalized spacial score (nSPS) is 23.0. The summed E-state index contributed by atoms with van der Waals surface area (Å²) in [6.07, 6.45) is 6.77. The van der Waals surface area contributed by atoms with E-state index in [9.17, 15) is 0 Å². The van der Waals surface area contributed by atoms with Crippen LogP contribution in [0.5, 0.6) is 0 Å². The highest BCUT2D eigenvalue weighted by molar-refractivity contribution is 4.78. The van der Waals surface area contributed by atoms with Crippen LogP contribution in [0.3, 0.4) is 0 Å². The van der Waals surface area contributed by atoms with E-state index in [1.807, 2.05) is 0 Å². The maximum Gasteiger partial charge on any atom is 0.00674 e. The lowest BCUT2D eigenvalue weighted by molar-refractivity contribution is 0.195. The maximum absolute atomic E-state index is 3.51. The van der Waals surface area contributed by atoms with Gasteiger partial charge in [-0.15, -0.1) is 0 Å². The molecule has 1 rings (SSSR count). The molecule has 1 aliphatic rings. The summed E-state index contributed by atoms with van der Waals surface area (Å²) in [5, 5.41) is 3.51. The highest BCUT2D eigenvalue weighted by atomic mass is 15.1. The smallest absolute Gasteiger partial charge is 0.00674 e. The molecular weight excluding hydrogens is 220 g/mol. The van der Waals surface area contributed by atoms with Crippen LogP contribution >= 0.6 is 0 Å². The van der Waals surface area contributed by atoms with Crippen LogP contribution < -0.4 is 5.32 Å². The molecule has 2 nitrogen and oxygen atoms in total. The van der Waals surface area contributed by atoms with Crippen LogP contribution in [0.15, 0.2) is 0 Å². The molecule has 108 valence electrons. The fraction of sp³-hybridized carbons (Fsp3) is 1.00. The first-order valence-corrected chi connectivity index (χ1v) is 7.88. The highest BCUT2D eigenvalue weighted by Gasteiger charge is 2.24. The fourth-order valence-electron chi connectivity index (χ4n) is 2.86. The first-order valence-electron chi connectivity index (χ1n) is 7.88. The van der Waals surface area contributed by atoms with E-state index < -0.39 is 0 Å². The Morgan fingerprint density at radius 1 is 1.11 bits per heavy atom. The van der Waals surface area contributed by atoms with Gasteiger partial charge in [0.15, 0.2) is 0 Å². The highest BCUT2D eigenvalue weighted by Crippen LogP contribution is 2.30. The monoisotopic (exact) mass is 254 g/mol. The van der Waals surface area contributed by atoms with E-state index in [2.05, 4.69) is 44.8 Å². The van der Waals surface area contributed by atoms with E-state index in [1.165, 1.54) is 51.7 Å². The molecule has 1 atom stereocenters. The van der Waals surface area contributed by atoms with E-state index >= 15 is 0 Å². The van der Waals surface area contributed by atoms with E-state index in [4.69, 9.17) is 0 Å². The van der Waals surface area contributed by atoms with Crippen LogP contribution in [-0.2, 0) is 0 Å². The van der Waals surface area contributed by atoms with Crippen molar-refractivity contribution < 1.29 is 0 Å². The van der Waals surface area contributed by atoms with Crippen molar-refractivity contribution in [2.75, 3.05) is 19.6 Å². The molecule has 0 aliphatic carbocycles. The lowest BCUT2D eigenvalue weighted by Gasteiger charge is -2.28. The Hall–Kier alpha value is -0.0800. The number of nitrogens with one attached hydrogen (secondary N) is 1. The quantitative estimate of drug-likeness (QED) is 0.728. The molecule has 0 radical (unpaired) electrons. The summed E-state index contributed by atoms with van der Waals surface area (Å²) in [6.45, 7) is 15.5. The molecule has 18 heavy (non-hydrogen) atoms. The van der Waals surface area contributed by atoms with Crippen molar-refractivity contribution in [1.29, 1.82) is 0 Å². The lowest BCUT2D eigenvalue weighted by atomic mass is 9.85. The van der Waals surface area contributed by atoms with Crippen molar-refractivity contribution in [2.24, 2.45) is 5.41 Å². The molecular formula is C16H34N2. The molecule has 0 spiro atoms. The summed E-state index contributed by atoms with van der Waals surface area (Å²) in [7, 11) is 0. The van der Waals surface area contributed by atoms with E-state index in [0.29, 0.717) is 11.5 Å². The Balaban J connectivity index is 2.22. The largest absolute Gasteiger partial charge is 0.315 e. The Morgan fingerprint density at radius 2 is 1.83 bits per heavy atom. The second kappa shape index (κ2) is 7.49. The van der Waals surface area contributed by atoms with Crippen LogP contribution in [-0.4, -0.2) is 36.6 Å². The number of hydrogen-bond acceptors (Lipinski definition) is 2. The van der Waals surface area contributed by atoms with Gasteiger partial charge in [0.25, 0.3) is 0 Å². The summed E-state index contributed by atoms with van der Waals surface area (Å²) in [6, 6.07) is 1.38. The Kier molecular flexibility index (Phi) is 6.65. The van der Waals surface area contributed by atoms with Gasteiger partial charge in [-0.25, -0.2) is 0 Å². The van der Waals surface area contributed by atoms with Crippen molar-refractivity contribution in [2.45, 2.75) is 78.8 Å². The summed E-state index contributed by atoms with van der Waals surface area (Å²) in [5.41, 5.74) is 0.563. The van der Waals surface area contributed by atoms with Gasteiger partial charge >= 0.3 is 0 Å². The molecule has 1 saturated heterocycles. The Bertz CT molecular complexity index is 223. The van der Waals surface area contributed by atoms with Crippen LogP contribution in [0, 0.1) is 5.41 Å². The van der Waals surface area contributed by atoms with Crippen molar-refractivity contribution in [1.82, 2.24) is 10.2 Å². The van der Waals surface area contributed by atoms with Crippen LogP contribution in [0.2, 0.25) is 0 Å². The Labute approximate surface area is 115 Å². The molecule has 0 saturated carbocycles. The molecule has 0 amide bonds. The number of nitrogens with zero attached hydrogens (tertiary/aromatic N) is 1. The zero-order chi connectivity index (χ0) is 13.6. The minimum Gasteiger partial charge on any atom is -0.315 e. The molecule has 1 heterocycles. The average Bonchev–Trinajstić information content (AvgIpc) is 2.45. The van der Waals surface area contributed by atoms with E-state index in [0.717, 1.165) is 6.04 Å². The lowest BCUT2D eigenvalue weighted by Crippen LogP contribution is -2.35. The van der Waals surface area contributed by atoms with Gasteiger partial charge in [-0.2, -0.15) is 0 Å². The number of hydrogen-bond donors (Lipinski definition) is 1. The third-order valence-electron chi connectivity index (χ3n) is 4.35. The van der Waals surface area contributed by atoms with Crippen molar-refractivity contribution in [3.8, 4) is 0 Å². The van der Waals surface area contributed by atoms with Gasteiger partial charge in [-0.05, 0) is 64.1 Å². The van der Waals surface area contributed by atoms with Crippen molar-refractivity contribution >= 4 is 0 Å². The molecule has 1 N–H and O–H groups in total. The zero-order valence-electron chi connectivity index (χ0n) is 13.3. The molecule has 1 fully saturated rings. The van der Waals surface area contributed by atoms with E-state index in [-0.39, 0.29) is 0 Å². The molecule has 0 aromatic heterocycles. The van der Waals surface area contributed by atoms with Gasteiger partial charge in [0.05, 0.1) is 0 Å². The van der Waals surface area contributed by atoms with E-state index in [1.54, 1.807) is 0 Å². The summed E-state index contributed by atoms with van der Waals surface area (Å²) in [5.74, 6) is 0. The fourth-order valence-corrected chi connectivity index (χ4v) is 2.86. The topological polar surface area (TPSA) is 15.3 Å². The molecule has 1 unspecified atom stereocenters. The number of rotatable bonds is 6. The summed E-state index contributed by atoms with van der Waals surface area (Å²) < 4.78 is 0. The van der Waals surface area contributed by atoms with Gasteiger partial charge in [0, 0.05) is 12.1 Å². The van der Waals surface area contributed by atoms with Crippen molar-refractivity contribution in [3.05, 3.63) is 0 Å². The minimum atomic E-state index is 0.563. The predicted molar refractivity (Wildman–Crippen MR) is 81.0 cm³/mol. The van der Waals surface area contributed by atoms with Crippen LogP contribution in [0.1, 0.15) is 66.7 Å². The second-order valence-corrected chi connectivity index (χ2v) is 7.15. The molecule has 0 bridgehead atoms. The molecule has 2 heteroatoms. The van der Waals surface area contributed by atoms with Gasteiger partial charge in [0.1, 0.15) is 0 Å². The SMILES string of the molecule is CC(C)NCCCC(C)N1CCCC(C)(C)CC1. The minimum absolute atomic E-state index is 0.563. The second-order valence-electron chi connectivity index (χ2n) is 7.15. The van der Waals surface area contributed by atoms with Crippen LogP contribution in [0.25, 0.3) is 0 Å². The molecule has 1 aliphatic heterocycles. The van der Waals surface area contributed by atoms with Crippen LogP contribution in [0.4, 0.5) is 0 Å².